The summed E-state index contributed by atoms with van der Waals surface area (Å²) in [6, 6.07) is -0.445. The van der Waals surface area contributed by atoms with Gasteiger partial charge in [-0.2, -0.15) is 0 Å². The van der Waals surface area contributed by atoms with Crippen LogP contribution in [0, 0.1) is 5.92 Å². The highest BCUT2D eigenvalue weighted by Crippen LogP contribution is 2.28. The standard InChI is InChI=1S/C14H21N3O3/c18-12(6-10-4-2-1-3-5-10)16-8-11(9-16)17-13(19)7-15-14(17)20/h10-11H,1-9H2,(H,15,20). The van der Waals surface area contributed by atoms with Crippen molar-refractivity contribution in [3.8, 4) is 0 Å². The predicted molar refractivity (Wildman–Crippen MR) is 71.8 cm³/mol. The van der Waals surface area contributed by atoms with E-state index in [1.807, 2.05) is 0 Å². The number of nitrogens with one attached hydrogen (secondary N) is 1. The maximum atomic E-state index is 12.1. The van der Waals surface area contributed by atoms with Crippen LogP contribution in [0.3, 0.4) is 0 Å². The fourth-order valence-electron chi connectivity index (χ4n) is 3.39. The van der Waals surface area contributed by atoms with E-state index in [4.69, 9.17) is 0 Å². The van der Waals surface area contributed by atoms with Crippen LogP contribution in [0.2, 0.25) is 0 Å². The fourth-order valence-corrected chi connectivity index (χ4v) is 3.39. The Morgan fingerprint density at radius 1 is 1.15 bits per heavy atom. The number of rotatable bonds is 3. The predicted octanol–water partition coefficient (Wildman–Crippen LogP) is 0.719. The SMILES string of the molecule is O=C(CC1CCCCC1)N1CC(N2C(=O)CNC2=O)C1. The minimum Gasteiger partial charge on any atom is -0.338 e. The minimum absolute atomic E-state index is 0.0886. The molecular formula is C14H21N3O3. The molecular weight excluding hydrogens is 258 g/mol. The minimum atomic E-state index is -0.320. The summed E-state index contributed by atoms with van der Waals surface area (Å²) < 4.78 is 0. The molecule has 1 saturated carbocycles. The molecule has 0 spiro atoms. The maximum Gasteiger partial charge on any atom is 0.324 e. The number of hydrogen-bond donors (Lipinski definition) is 1. The van der Waals surface area contributed by atoms with Crippen molar-refractivity contribution < 1.29 is 14.4 Å². The summed E-state index contributed by atoms with van der Waals surface area (Å²) >= 11 is 0. The highest BCUT2D eigenvalue weighted by molar-refractivity contribution is 6.02. The quantitative estimate of drug-likeness (QED) is 0.774. The molecule has 3 rings (SSSR count). The van der Waals surface area contributed by atoms with Crippen LogP contribution in [0.1, 0.15) is 38.5 Å². The summed E-state index contributed by atoms with van der Waals surface area (Å²) in [6.45, 7) is 1.10. The molecule has 0 aromatic heterocycles. The van der Waals surface area contributed by atoms with Crippen molar-refractivity contribution in [3.63, 3.8) is 0 Å². The summed E-state index contributed by atoms with van der Waals surface area (Å²) in [4.78, 5) is 38.2. The number of carbonyl (C=O) groups excluding carboxylic acids is 3. The normalized spacial score (nSPS) is 24.8. The first kappa shape index (κ1) is 13.4. The molecule has 2 heterocycles. The van der Waals surface area contributed by atoms with Crippen molar-refractivity contribution in [3.05, 3.63) is 0 Å². The van der Waals surface area contributed by atoms with E-state index < -0.39 is 0 Å². The molecule has 1 N–H and O–H groups in total. The average molecular weight is 279 g/mol. The third-order valence-electron chi connectivity index (χ3n) is 4.65. The lowest BCUT2D eigenvalue weighted by Crippen LogP contribution is -2.62. The van der Waals surface area contributed by atoms with Gasteiger partial charge in [0.1, 0.15) is 0 Å². The van der Waals surface area contributed by atoms with E-state index in [2.05, 4.69) is 5.32 Å². The highest BCUT2D eigenvalue weighted by atomic mass is 16.2. The third-order valence-corrected chi connectivity index (χ3v) is 4.65. The topological polar surface area (TPSA) is 69.7 Å². The Morgan fingerprint density at radius 3 is 2.45 bits per heavy atom. The van der Waals surface area contributed by atoms with Gasteiger partial charge in [0.2, 0.25) is 11.8 Å². The number of amides is 4. The van der Waals surface area contributed by atoms with Crippen LogP contribution < -0.4 is 5.32 Å². The second-order valence-electron chi connectivity index (χ2n) is 6.08. The van der Waals surface area contributed by atoms with E-state index >= 15 is 0 Å². The number of urea groups is 1. The Balaban J connectivity index is 1.46. The third kappa shape index (κ3) is 2.51. The lowest BCUT2D eigenvalue weighted by Gasteiger charge is -2.43. The summed E-state index contributed by atoms with van der Waals surface area (Å²) in [5, 5.41) is 2.51. The van der Waals surface area contributed by atoms with Crippen LogP contribution in [0.15, 0.2) is 0 Å². The Morgan fingerprint density at radius 2 is 1.85 bits per heavy atom. The molecule has 3 aliphatic rings. The molecule has 2 aliphatic heterocycles. The number of carbonyl (C=O) groups is 3. The first-order chi connectivity index (χ1) is 9.65. The number of nitrogens with zero attached hydrogens (tertiary/aromatic N) is 2. The van der Waals surface area contributed by atoms with E-state index in [1.54, 1.807) is 4.90 Å². The summed E-state index contributed by atoms with van der Waals surface area (Å²) in [7, 11) is 0. The van der Waals surface area contributed by atoms with Gasteiger partial charge in [0.25, 0.3) is 0 Å². The molecule has 2 saturated heterocycles. The molecule has 6 heteroatoms. The van der Waals surface area contributed by atoms with E-state index in [9.17, 15) is 14.4 Å². The number of imide groups is 1. The first-order valence-corrected chi connectivity index (χ1v) is 7.53. The molecule has 1 aliphatic carbocycles. The Kier molecular flexibility index (Phi) is 3.63. The summed E-state index contributed by atoms with van der Waals surface area (Å²) in [6.07, 6.45) is 6.73. The van der Waals surface area contributed by atoms with Crippen molar-refractivity contribution in [2.45, 2.75) is 44.6 Å². The summed E-state index contributed by atoms with van der Waals surface area (Å²) in [5.74, 6) is 0.534. The zero-order chi connectivity index (χ0) is 14.1. The molecule has 0 aromatic rings. The zero-order valence-electron chi connectivity index (χ0n) is 11.6. The van der Waals surface area contributed by atoms with Crippen molar-refractivity contribution >= 4 is 17.8 Å². The molecule has 0 atom stereocenters. The second kappa shape index (κ2) is 5.42. The van der Waals surface area contributed by atoms with Gasteiger partial charge < -0.3 is 10.2 Å². The van der Waals surface area contributed by atoms with Crippen molar-refractivity contribution in [2.24, 2.45) is 5.92 Å². The van der Waals surface area contributed by atoms with Gasteiger partial charge in [-0.1, -0.05) is 19.3 Å². The van der Waals surface area contributed by atoms with Gasteiger partial charge in [0.15, 0.2) is 0 Å². The lowest BCUT2D eigenvalue weighted by atomic mass is 9.86. The molecule has 4 amide bonds. The average Bonchev–Trinajstić information content (AvgIpc) is 2.70. The highest BCUT2D eigenvalue weighted by Gasteiger charge is 2.42. The lowest BCUT2D eigenvalue weighted by molar-refractivity contribution is -0.143. The van der Waals surface area contributed by atoms with Gasteiger partial charge in [-0.3, -0.25) is 14.5 Å². The monoisotopic (exact) mass is 279 g/mol. The maximum absolute atomic E-state index is 12.1. The van der Waals surface area contributed by atoms with Crippen LogP contribution in [0.5, 0.6) is 0 Å². The molecule has 110 valence electrons. The van der Waals surface area contributed by atoms with Crippen LogP contribution in [-0.2, 0) is 9.59 Å². The fraction of sp³-hybridized carbons (Fsp3) is 0.786. The van der Waals surface area contributed by atoms with Gasteiger partial charge in [-0.15, -0.1) is 0 Å². The second-order valence-corrected chi connectivity index (χ2v) is 6.08. The molecule has 0 aromatic carbocycles. The first-order valence-electron chi connectivity index (χ1n) is 7.53. The van der Waals surface area contributed by atoms with Crippen molar-refractivity contribution in [2.75, 3.05) is 19.6 Å². The molecule has 6 nitrogen and oxygen atoms in total. The molecule has 0 bridgehead atoms. The molecule has 20 heavy (non-hydrogen) atoms. The summed E-state index contributed by atoms with van der Waals surface area (Å²) in [5.41, 5.74) is 0. The Bertz CT molecular complexity index is 409. The van der Waals surface area contributed by atoms with Crippen LogP contribution in [-0.4, -0.2) is 53.3 Å². The van der Waals surface area contributed by atoms with Gasteiger partial charge in [-0.25, -0.2) is 4.79 Å². The molecule has 0 radical (unpaired) electrons. The largest absolute Gasteiger partial charge is 0.338 e. The zero-order valence-corrected chi connectivity index (χ0v) is 11.6. The van der Waals surface area contributed by atoms with E-state index in [0.29, 0.717) is 25.4 Å². The Hall–Kier alpha value is -1.59. The van der Waals surface area contributed by atoms with Crippen molar-refractivity contribution in [1.29, 1.82) is 0 Å². The van der Waals surface area contributed by atoms with E-state index in [-0.39, 0.29) is 30.4 Å². The molecule has 0 unspecified atom stereocenters. The van der Waals surface area contributed by atoms with Gasteiger partial charge >= 0.3 is 6.03 Å². The van der Waals surface area contributed by atoms with Crippen LogP contribution in [0.25, 0.3) is 0 Å². The van der Waals surface area contributed by atoms with Gasteiger partial charge in [0, 0.05) is 19.5 Å². The van der Waals surface area contributed by atoms with E-state index in [1.165, 1.54) is 24.2 Å². The van der Waals surface area contributed by atoms with Gasteiger partial charge in [-0.05, 0) is 18.8 Å². The van der Waals surface area contributed by atoms with Crippen LogP contribution in [0.4, 0.5) is 4.79 Å². The van der Waals surface area contributed by atoms with Crippen molar-refractivity contribution in [1.82, 2.24) is 15.1 Å². The van der Waals surface area contributed by atoms with Crippen LogP contribution >= 0.6 is 0 Å². The van der Waals surface area contributed by atoms with E-state index in [0.717, 1.165) is 12.8 Å². The number of hydrogen-bond acceptors (Lipinski definition) is 3. The van der Waals surface area contributed by atoms with Gasteiger partial charge in [0.05, 0.1) is 12.6 Å². The number of likely N-dealkylation sites (tertiary alicyclic amines) is 1. The Labute approximate surface area is 118 Å². The molecule has 3 fully saturated rings. The smallest absolute Gasteiger partial charge is 0.324 e.